The number of hydrogen-bond acceptors (Lipinski definition) is 4. The van der Waals surface area contributed by atoms with Crippen molar-refractivity contribution in [3.05, 3.63) is 35.9 Å². The van der Waals surface area contributed by atoms with E-state index in [0.717, 1.165) is 12.8 Å². The van der Waals surface area contributed by atoms with Gasteiger partial charge in [-0.15, -0.1) is 0 Å². The van der Waals surface area contributed by atoms with Gasteiger partial charge in [0.15, 0.2) is 0 Å². The number of carbonyl (C=O) groups excluding carboxylic acids is 1. The van der Waals surface area contributed by atoms with Crippen LogP contribution in [0.1, 0.15) is 12.0 Å². The van der Waals surface area contributed by atoms with Gasteiger partial charge in [0.05, 0.1) is 13.2 Å². The second-order valence-corrected chi connectivity index (χ2v) is 3.82. The van der Waals surface area contributed by atoms with Crippen LogP contribution in [-0.2, 0) is 20.7 Å². The maximum absolute atomic E-state index is 11.3. The van der Waals surface area contributed by atoms with Gasteiger partial charge in [0.25, 0.3) is 0 Å². The van der Waals surface area contributed by atoms with E-state index in [1.54, 1.807) is 0 Å². The number of hydrogen-bond donors (Lipinski definition) is 1. The molecule has 0 spiro atoms. The van der Waals surface area contributed by atoms with Crippen LogP contribution in [0.3, 0.4) is 0 Å². The Kier molecular flexibility index (Phi) is 6.29. The first kappa shape index (κ1) is 13.7. The lowest BCUT2D eigenvalue weighted by Gasteiger charge is -2.10. The summed E-state index contributed by atoms with van der Waals surface area (Å²) in [6.45, 7) is 0.586. The van der Waals surface area contributed by atoms with Gasteiger partial charge in [0.2, 0.25) is 0 Å². The van der Waals surface area contributed by atoms with Crippen LogP contribution in [0, 0.1) is 0 Å². The first-order chi connectivity index (χ1) is 8.24. The summed E-state index contributed by atoms with van der Waals surface area (Å²) in [4.78, 5) is 11.3. The Labute approximate surface area is 102 Å². The number of rotatable bonds is 7. The molecule has 4 heteroatoms. The lowest BCUT2D eigenvalue weighted by molar-refractivity contribution is -0.146. The number of esters is 1. The minimum absolute atomic E-state index is 0.192. The Morgan fingerprint density at radius 1 is 1.35 bits per heavy atom. The molecular formula is C13H19NO3. The third-order valence-electron chi connectivity index (χ3n) is 2.35. The molecule has 0 saturated heterocycles. The molecule has 1 atom stereocenters. The molecule has 1 aromatic carbocycles. The molecule has 1 rings (SSSR count). The van der Waals surface area contributed by atoms with Crippen LogP contribution in [-0.4, -0.2) is 32.3 Å². The monoisotopic (exact) mass is 237 g/mol. The molecule has 0 aliphatic rings. The minimum atomic E-state index is -0.684. The summed E-state index contributed by atoms with van der Waals surface area (Å²) in [5, 5.41) is 0. The minimum Gasteiger partial charge on any atom is -0.464 e. The summed E-state index contributed by atoms with van der Waals surface area (Å²) in [6, 6.07) is 9.40. The number of methoxy groups -OCH3 is 1. The molecule has 0 bridgehead atoms. The fraction of sp³-hybridized carbons (Fsp3) is 0.462. The molecule has 0 saturated carbocycles. The summed E-state index contributed by atoms with van der Waals surface area (Å²) >= 11 is 0. The Bertz CT molecular complexity index is 327. The van der Waals surface area contributed by atoms with Crippen LogP contribution in [0.5, 0.6) is 0 Å². The van der Waals surface area contributed by atoms with Gasteiger partial charge in [-0.3, -0.25) is 4.79 Å². The molecule has 0 aliphatic carbocycles. The van der Waals surface area contributed by atoms with Crippen molar-refractivity contribution in [2.24, 2.45) is 5.73 Å². The number of ether oxygens (including phenoxy) is 2. The second kappa shape index (κ2) is 7.81. The Morgan fingerprint density at radius 2 is 2.06 bits per heavy atom. The fourth-order valence-electron chi connectivity index (χ4n) is 1.45. The highest BCUT2D eigenvalue weighted by molar-refractivity contribution is 5.75. The first-order valence-electron chi connectivity index (χ1n) is 5.69. The third kappa shape index (κ3) is 5.47. The molecule has 0 amide bonds. The predicted molar refractivity (Wildman–Crippen MR) is 65.6 cm³/mol. The van der Waals surface area contributed by atoms with Gasteiger partial charge in [-0.1, -0.05) is 30.3 Å². The zero-order chi connectivity index (χ0) is 12.5. The Hall–Kier alpha value is -1.39. The van der Waals surface area contributed by atoms with Gasteiger partial charge < -0.3 is 15.2 Å². The van der Waals surface area contributed by atoms with Gasteiger partial charge >= 0.3 is 5.97 Å². The summed E-state index contributed by atoms with van der Waals surface area (Å²) in [6.07, 6.45) is 1.70. The van der Waals surface area contributed by atoms with E-state index in [9.17, 15) is 4.79 Å². The van der Waals surface area contributed by atoms with Crippen LogP contribution in [0.15, 0.2) is 30.3 Å². The van der Waals surface area contributed by atoms with Gasteiger partial charge in [0.1, 0.15) is 6.04 Å². The highest BCUT2D eigenvalue weighted by Gasteiger charge is 2.13. The van der Waals surface area contributed by atoms with Crippen LogP contribution in [0.2, 0.25) is 0 Å². The largest absolute Gasteiger partial charge is 0.464 e. The summed E-state index contributed by atoms with van der Waals surface area (Å²) in [5.41, 5.74) is 6.76. The Morgan fingerprint density at radius 3 is 2.71 bits per heavy atom. The topological polar surface area (TPSA) is 61.5 Å². The van der Waals surface area contributed by atoms with Crippen molar-refractivity contribution in [3.8, 4) is 0 Å². The summed E-state index contributed by atoms with van der Waals surface area (Å²) in [5.74, 6) is -0.403. The van der Waals surface area contributed by atoms with Crippen LogP contribution >= 0.6 is 0 Å². The molecule has 2 N–H and O–H groups in total. The Balaban J connectivity index is 2.14. The van der Waals surface area contributed by atoms with Crippen LogP contribution in [0.25, 0.3) is 0 Å². The average molecular weight is 237 g/mol. The first-order valence-corrected chi connectivity index (χ1v) is 5.69. The van der Waals surface area contributed by atoms with Gasteiger partial charge in [-0.05, 0) is 18.4 Å². The van der Waals surface area contributed by atoms with Crippen molar-refractivity contribution in [3.63, 3.8) is 0 Å². The normalized spacial score (nSPS) is 12.1. The van der Waals surface area contributed by atoms with Crippen molar-refractivity contribution < 1.29 is 14.3 Å². The van der Waals surface area contributed by atoms with Crippen LogP contribution < -0.4 is 5.73 Å². The zero-order valence-corrected chi connectivity index (χ0v) is 10.1. The van der Waals surface area contributed by atoms with E-state index >= 15 is 0 Å². The van der Waals surface area contributed by atoms with Crippen molar-refractivity contribution >= 4 is 5.97 Å². The molecule has 1 unspecified atom stereocenters. The van der Waals surface area contributed by atoms with Crippen molar-refractivity contribution in [2.75, 3.05) is 20.3 Å². The molecular weight excluding hydrogens is 218 g/mol. The smallest absolute Gasteiger partial charge is 0.325 e. The maximum atomic E-state index is 11.3. The van der Waals surface area contributed by atoms with E-state index in [2.05, 4.69) is 12.1 Å². The van der Waals surface area contributed by atoms with Crippen molar-refractivity contribution in [1.29, 1.82) is 0 Å². The highest BCUT2D eigenvalue weighted by atomic mass is 16.5. The number of benzene rings is 1. The van der Waals surface area contributed by atoms with E-state index in [1.165, 1.54) is 12.7 Å². The van der Waals surface area contributed by atoms with Gasteiger partial charge in [0, 0.05) is 7.11 Å². The van der Waals surface area contributed by atoms with Crippen molar-refractivity contribution in [2.45, 2.75) is 18.9 Å². The van der Waals surface area contributed by atoms with E-state index in [4.69, 9.17) is 15.2 Å². The quantitative estimate of drug-likeness (QED) is 0.570. The zero-order valence-electron chi connectivity index (χ0n) is 10.1. The molecule has 94 valence electrons. The van der Waals surface area contributed by atoms with E-state index in [1.807, 2.05) is 18.2 Å². The van der Waals surface area contributed by atoms with E-state index in [0.29, 0.717) is 6.61 Å². The number of nitrogens with two attached hydrogens (primary N) is 1. The molecule has 0 heterocycles. The number of carbonyl (C=O) groups is 1. The number of aryl methyl sites for hydroxylation is 1. The van der Waals surface area contributed by atoms with Gasteiger partial charge in [-0.2, -0.15) is 0 Å². The lowest BCUT2D eigenvalue weighted by atomic mass is 10.1. The molecule has 0 aromatic heterocycles. The standard InChI is InChI=1S/C13H19NO3/c1-16-10-12(14)13(15)17-9-5-8-11-6-3-2-4-7-11/h2-4,6-7,12H,5,8-10,14H2,1H3. The molecule has 17 heavy (non-hydrogen) atoms. The average Bonchev–Trinajstić information content (AvgIpc) is 2.36. The fourth-order valence-corrected chi connectivity index (χ4v) is 1.45. The third-order valence-corrected chi connectivity index (χ3v) is 2.35. The molecule has 0 radical (unpaired) electrons. The lowest BCUT2D eigenvalue weighted by Crippen LogP contribution is -2.36. The van der Waals surface area contributed by atoms with E-state index < -0.39 is 12.0 Å². The second-order valence-electron chi connectivity index (χ2n) is 3.82. The summed E-state index contributed by atoms with van der Waals surface area (Å²) < 4.78 is 9.81. The maximum Gasteiger partial charge on any atom is 0.325 e. The van der Waals surface area contributed by atoms with Crippen LogP contribution in [0.4, 0.5) is 0 Å². The SMILES string of the molecule is COCC(N)C(=O)OCCCc1ccccc1. The highest BCUT2D eigenvalue weighted by Crippen LogP contribution is 2.02. The molecule has 0 fully saturated rings. The van der Waals surface area contributed by atoms with Gasteiger partial charge in [-0.25, -0.2) is 0 Å². The van der Waals surface area contributed by atoms with Crippen molar-refractivity contribution in [1.82, 2.24) is 0 Å². The molecule has 0 aliphatic heterocycles. The predicted octanol–water partition coefficient (Wildman–Crippen LogP) is 1.14. The molecule has 1 aromatic rings. The van der Waals surface area contributed by atoms with E-state index in [-0.39, 0.29) is 6.61 Å². The molecule has 4 nitrogen and oxygen atoms in total. The summed E-state index contributed by atoms with van der Waals surface area (Å²) in [7, 11) is 1.50.